The monoisotopic (exact) mass is 346 g/mol. The molecular formula is C18H22N2O3S. The van der Waals surface area contributed by atoms with Crippen LogP contribution in [0.2, 0.25) is 0 Å². The fourth-order valence-electron chi connectivity index (χ4n) is 1.92. The van der Waals surface area contributed by atoms with E-state index < -0.39 is 10.8 Å². The zero-order chi connectivity index (χ0) is 17.6. The third-order valence-electron chi connectivity index (χ3n) is 3.23. The number of carbonyl (C=O) groups is 1. The second-order valence-electron chi connectivity index (χ2n) is 6.44. The van der Waals surface area contributed by atoms with Gasteiger partial charge in [-0.2, -0.15) is 0 Å². The largest absolute Gasteiger partial charge is 0.338 e. The van der Waals surface area contributed by atoms with Gasteiger partial charge in [-0.25, -0.2) is 0 Å². The van der Waals surface area contributed by atoms with Crippen molar-refractivity contribution in [1.29, 1.82) is 0 Å². The van der Waals surface area contributed by atoms with Crippen LogP contribution in [0.25, 0.3) is 6.08 Å². The number of benzene rings is 1. The van der Waals surface area contributed by atoms with Crippen molar-refractivity contribution in [1.82, 2.24) is 5.16 Å². The van der Waals surface area contributed by atoms with Crippen molar-refractivity contribution in [2.45, 2.75) is 26.2 Å². The third kappa shape index (κ3) is 5.77. The standard InChI is InChI=1S/C18H22N2O3S/c1-18(2,3)15-12-17(23-20-15)19-16(21)13-24(22)11-7-10-14-8-5-4-6-9-14/h4-10,12H,11,13H2,1-3H3,(H,19,21)/b10-7+. The van der Waals surface area contributed by atoms with E-state index in [9.17, 15) is 9.00 Å². The molecule has 0 bridgehead atoms. The summed E-state index contributed by atoms with van der Waals surface area (Å²) in [5.41, 5.74) is 1.64. The molecule has 5 nitrogen and oxygen atoms in total. The highest BCUT2D eigenvalue weighted by Gasteiger charge is 2.19. The molecule has 0 fully saturated rings. The fourth-order valence-corrected chi connectivity index (χ4v) is 2.72. The molecule has 1 unspecified atom stereocenters. The van der Waals surface area contributed by atoms with Crippen LogP contribution in [0.1, 0.15) is 32.0 Å². The van der Waals surface area contributed by atoms with Crippen LogP contribution in [0.3, 0.4) is 0 Å². The molecule has 2 rings (SSSR count). The predicted octanol–water partition coefficient (Wildman–Crippen LogP) is 3.37. The number of nitrogens with zero attached hydrogens (tertiary/aromatic N) is 1. The van der Waals surface area contributed by atoms with Gasteiger partial charge in [0.1, 0.15) is 5.75 Å². The number of hydrogen-bond donors (Lipinski definition) is 1. The van der Waals surface area contributed by atoms with Crippen LogP contribution in [0.15, 0.2) is 47.0 Å². The third-order valence-corrected chi connectivity index (χ3v) is 4.37. The van der Waals surface area contributed by atoms with Crippen LogP contribution in [0.4, 0.5) is 5.88 Å². The van der Waals surface area contributed by atoms with Crippen molar-refractivity contribution >= 4 is 28.7 Å². The van der Waals surface area contributed by atoms with Crippen molar-refractivity contribution in [3.8, 4) is 0 Å². The molecule has 1 aromatic carbocycles. The molecule has 1 heterocycles. The molecule has 0 spiro atoms. The molecule has 24 heavy (non-hydrogen) atoms. The summed E-state index contributed by atoms with van der Waals surface area (Å²) in [6.07, 6.45) is 3.70. The van der Waals surface area contributed by atoms with Gasteiger partial charge in [-0.05, 0) is 5.56 Å². The first-order chi connectivity index (χ1) is 11.3. The molecule has 1 N–H and O–H groups in total. The molecule has 0 saturated carbocycles. The Balaban J connectivity index is 1.80. The van der Waals surface area contributed by atoms with Gasteiger partial charge < -0.3 is 4.52 Å². The Bertz CT molecular complexity index is 730. The van der Waals surface area contributed by atoms with E-state index in [1.54, 1.807) is 6.07 Å². The Kier molecular flexibility index (Phi) is 6.09. The molecule has 0 aliphatic rings. The van der Waals surface area contributed by atoms with E-state index in [2.05, 4.69) is 10.5 Å². The first-order valence-electron chi connectivity index (χ1n) is 7.68. The summed E-state index contributed by atoms with van der Waals surface area (Å²) in [5.74, 6) is 0.177. The number of aromatic nitrogens is 1. The number of anilines is 1. The summed E-state index contributed by atoms with van der Waals surface area (Å²) in [4.78, 5) is 11.9. The Morgan fingerprint density at radius 2 is 2.00 bits per heavy atom. The van der Waals surface area contributed by atoms with Gasteiger partial charge in [0.25, 0.3) is 0 Å². The zero-order valence-corrected chi connectivity index (χ0v) is 14.9. The van der Waals surface area contributed by atoms with Crippen molar-refractivity contribution in [3.05, 3.63) is 53.7 Å². The van der Waals surface area contributed by atoms with E-state index in [0.717, 1.165) is 11.3 Å². The Hall–Kier alpha value is -2.21. The lowest BCUT2D eigenvalue weighted by Gasteiger charge is -2.12. The van der Waals surface area contributed by atoms with Gasteiger partial charge in [-0.3, -0.25) is 14.3 Å². The van der Waals surface area contributed by atoms with E-state index in [1.165, 1.54) is 0 Å². The van der Waals surface area contributed by atoms with Gasteiger partial charge in [0.15, 0.2) is 0 Å². The molecule has 0 aliphatic heterocycles. The minimum Gasteiger partial charge on any atom is -0.338 e. The maximum absolute atomic E-state index is 12.0. The van der Waals surface area contributed by atoms with Gasteiger partial charge in [-0.15, -0.1) is 0 Å². The number of amides is 1. The second kappa shape index (κ2) is 8.06. The van der Waals surface area contributed by atoms with Crippen LogP contribution in [-0.2, 0) is 21.0 Å². The smallest absolute Gasteiger partial charge is 0.239 e. The highest BCUT2D eigenvalue weighted by Crippen LogP contribution is 2.23. The Morgan fingerprint density at radius 3 is 2.62 bits per heavy atom. The maximum Gasteiger partial charge on any atom is 0.239 e. The average molecular weight is 346 g/mol. The lowest BCUT2D eigenvalue weighted by molar-refractivity contribution is -0.114. The van der Waals surface area contributed by atoms with Crippen molar-refractivity contribution in [2.75, 3.05) is 16.8 Å². The summed E-state index contributed by atoms with van der Waals surface area (Å²) in [6, 6.07) is 11.4. The van der Waals surface area contributed by atoms with Gasteiger partial charge in [0.05, 0.1) is 5.69 Å². The van der Waals surface area contributed by atoms with E-state index in [4.69, 9.17) is 4.52 Å². The molecule has 0 radical (unpaired) electrons. The van der Waals surface area contributed by atoms with Crippen LogP contribution in [0.5, 0.6) is 0 Å². The predicted molar refractivity (Wildman–Crippen MR) is 97.2 cm³/mol. The summed E-state index contributed by atoms with van der Waals surface area (Å²) in [5, 5.41) is 6.51. The van der Waals surface area contributed by atoms with E-state index >= 15 is 0 Å². The number of rotatable bonds is 6. The summed E-state index contributed by atoms with van der Waals surface area (Å²) >= 11 is 0. The second-order valence-corrected chi connectivity index (χ2v) is 7.94. The number of nitrogens with one attached hydrogen (secondary N) is 1. The average Bonchev–Trinajstić information content (AvgIpc) is 2.96. The fraction of sp³-hybridized carbons (Fsp3) is 0.333. The van der Waals surface area contributed by atoms with E-state index in [-0.39, 0.29) is 23.0 Å². The summed E-state index contributed by atoms with van der Waals surface area (Å²) in [7, 11) is -1.27. The molecular weight excluding hydrogens is 324 g/mol. The lowest BCUT2D eigenvalue weighted by atomic mass is 9.92. The minimum atomic E-state index is -1.27. The first kappa shape index (κ1) is 18.1. The SMILES string of the molecule is CC(C)(C)c1cc(NC(=O)CS(=O)C/C=C/c2ccccc2)on1. The minimum absolute atomic E-state index is 0.0787. The Labute approximate surface area is 144 Å². The number of carbonyl (C=O) groups excluding carboxylic acids is 1. The van der Waals surface area contributed by atoms with Crippen LogP contribution >= 0.6 is 0 Å². The molecule has 1 aromatic heterocycles. The summed E-state index contributed by atoms with van der Waals surface area (Å²) < 4.78 is 17.0. The molecule has 6 heteroatoms. The highest BCUT2D eigenvalue weighted by atomic mass is 32.2. The topological polar surface area (TPSA) is 72.2 Å². The highest BCUT2D eigenvalue weighted by molar-refractivity contribution is 7.85. The normalized spacial score (nSPS) is 13.1. The molecule has 1 amide bonds. The molecule has 0 aliphatic carbocycles. The van der Waals surface area contributed by atoms with Crippen LogP contribution in [0, 0.1) is 0 Å². The number of hydrogen-bond acceptors (Lipinski definition) is 4. The van der Waals surface area contributed by atoms with Gasteiger partial charge in [0.2, 0.25) is 11.8 Å². The van der Waals surface area contributed by atoms with Gasteiger partial charge >= 0.3 is 0 Å². The van der Waals surface area contributed by atoms with Crippen LogP contribution in [-0.4, -0.2) is 26.8 Å². The summed E-state index contributed by atoms with van der Waals surface area (Å²) in [6.45, 7) is 6.01. The quantitative estimate of drug-likeness (QED) is 0.870. The van der Waals surface area contributed by atoms with Crippen molar-refractivity contribution < 1.29 is 13.5 Å². The van der Waals surface area contributed by atoms with Gasteiger partial charge in [0, 0.05) is 28.0 Å². The van der Waals surface area contributed by atoms with Crippen LogP contribution < -0.4 is 5.32 Å². The first-order valence-corrected chi connectivity index (χ1v) is 9.17. The Morgan fingerprint density at radius 1 is 1.29 bits per heavy atom. The van der Waals surface area contributed by atoms with E-state index in [1.807, 2.05) is 63.3 Å². The molecule has 128 valence electrons. The lowest BCUT2D eigenvalue weighted by Crippen LogP contribution is -2.20. The molecule has 0 saturated heterocycles. The van der Waals surface area contributed by atoms with Gasteiger partial charge in [-0.1, -0.05) is 68.4 Å². The van der Waals surface area contributed by atoms with E-state index in [0.29, 0.717) is 5.75 Å². The van der Waals surface area contributed by atoms with Crippen molar-refractivity contribution in [3.63, 3.8) is 0 Å². The molecule has 2 aromatic rings. The molecule has 1 atom stereocenters. The maximum atomic E-state index is 12.0. The van der Waals surface area contributed by atoms with Crippen molar-refractivity contribution in [2.24, 2.45) is 0 Å². The zero-order valence-electron chi connectivity index (χ0n) is 14.1.